The Labute approximate surface area is 181 Å². The van der Waals surface area contributed by atoms with Crippen LogP contribution in [0.1, 0.15) is 76.1 Å². The van der Waals surface area contributed by atoms with Crippen LogP contribution in [-0.2, 0) is 6.42 Å². The van der Waals surface area contributed by atoms with Crippen molar-refractivity contribution >= 4 is 28.1 Å². The SMILES string of the molecule is CCCN1C[C@@H](NC(=S)C(C)(CC)CC)C[C@@H]2c3cccc4[nH]c(C)c(c34)C[C@H]21. The maximum atomic E-state index is 5.91. The molecule has 1 aromatic carbocycles. The summed E-state index contributed by atoms with van der Waals surface area (Å²) in [5, 5.41) is 5.32. The monoisotopic (exact) mass is 411 g/mol. The molecule has 1 fully saturated rings. The minimum absolute atomic E-state index is 0.110. The van der Waals surface area contributed by atoms with Crippen molar-refractivity contribution in [3.05, 3.63) is 35.0 Å². The van der Waals surface area contributed by atoms with Crippen LogP contribution in [0.15, 0.2) is 18.2 Å². The number of nitrogens with one attached hydrogen (secondary N) is 2. The Morgan fingerprint density at radius 3 is 2.72 bits per heavy atom. The van der Waals surface area contributed by atoms with Gasteiger partial charge in [-0.2, -0.15) is 0 Å². The van der Waals surface area contributed by atoms with Gasteiger partial charge in [0.2, 0.25) is 0 Å². The van der Waals surface area contributed by atoms with Gasteiger partial charge in [-0.3, -0.25) is 4.90 Å². The fraction of sp³-hybridized carbons (Fsp3) is 0.640. The first-order valence-corrected chi connectivity index (χ1v) is 12.0. The van der Waals surface area contributed by atoms with Crippen LogP contribution in [0.4, 0.5) is 0 Å². The average Bonchev–Trinajstić information content (AvgIpc) is 3.04. The molecule has 0 radical (unpaired) electrons. The van der Waals surface area contributed by atoms with E-state index in [0.717, 1.165) is 24.4 Å². The van der Waals surface area contributed by atoms with E-state index in [1.54, 1.807) is 11.1 Å². The van der Waals surface area contributed by atoms with Gasteiger partial charge < -0.3 is 10.3 Å². The molecule has 0 bridgehead atoms. The summed E-state index contributed by atoms with van der Waals surface area (Å²) >= 11 is 5.91. The number of rotatable bonds is 6. The van der Waals surface area contributed by atoms with E-state index in [0.29, 0.717) is 18.0 Å². The molecule has 2 aromatic rings. The van der Waals surface area contributed by atoms with Crippen LogP contribution in [0.5, 0.6) is 0 Å². The number of thiocarbonyl (C=S) groups is 1. The number of hydrogen-bond donors (Lipinski definition) is 2. The lowest BCUT2D eigenvalue weighted by Crippen LogP contribution is -2.57. The van der Waals surface area contributed by atoms with E-state index in [4.69, 9.17) is 12.2 Å². The molecular formula is C25H37N3S. The van der Waals surface area contributed by atoms with Crippen LogP contribution in [-0.4, -0.2) is 40.0 Å². The molecule has 1 saturated heterocycles. The van der Waals surface area contributed by atoms with Gasteiger partial charge in [0.05, 0.1) is 4.99 Å². The highest BCUT2D eigenvalue weighted by molar-refractivity contribution is 7.80. The fourth-order valence-corrected chi connectivity index (χ4v) is 6.10. The number of fused-ring (bicyclic) bond motifs is 2. The Kier molecular flexibility index (Phi) is 5.78. The lowest BCUT2D eigenvalue weighted by atomic mass is 9.73. The van der Waals surface area contributed by atoms with Crippen molar-refractivity contribution in [2.75, 3.05) is 13.1 Å². The maximum Gasteiger partial charge on any atom is 0.0815 e. The third kappa shape index (κ3) is 3.53. The fourth-order valence-electron chi connectivity index (χ4n) is 5.65. The van der Waals surface area contributed by atoms with E-state index in [1.165, 1.54) is 42.4 Å². The summed E-state index contributed by atoms with van der Waals surface area (Å²) in [6.45, 7) is 13.6. The van der Waals surface area contributed by atoms with E-state index in [2.05, 4.69) is 68.0 Å². The summed E-state index contributed by atoms with van der Waals surface area (Å²) in [4.78, 5) is 7.45. The first-order valence-electron chi connectivity index (χ1n) is 11.6. The molecule has 0 spiro atoms. The van der Waals surface area contributed by atoms with Gasteiger partial charge in [0.1, 0.15) is 0 Å². The molecule has 4 rings (SSSR count). The Bertz CT molecular complexity index is 895. The smallest absolute Gasteiger partial charge is 0.0815 e. The molecule has 158 valence electrons. The second-order valence-electron chi connectivity index (χ2n) is 9.55. The van der Waals surface area contributed by atoms with Crippen LogP contribution in [0.2, 0.25) is 0 Å². The predicted octanol–water partition coefficient (Wildman–Crippen LogP) is 5.71. The molecule has 4 heteroatoms. The molecule has 1 aliphatic heterocycles. The number of benzene rings is 1. The van der Waals surface area contributed by atoms with Crippen molar-refractivity contribution in [3.8, 4) is 0 Å². The number of hydrogen-bond acceptors (Lipinski definition) is 2. The predicted molar refractivity (Wildman–Crippen MR) is 128 cm³/mol. The van der Waals surface area contributed by atoms with Gasteiger partial charge in [0.15, 0.2) is 0 Å². The summed E-state index contributed by atoms with van der Waals surface area (Å²) in [7, 11) is 0. The second-order valence-corrected chi connectivity index (χ2v) is 9.95. The van der Waals surface area contributed by atoms with E-state index >= 15 is 0 Å². The number of nitrogens with zero attached hydrogens (tertiary/aromatic N) is 1. The van der Waals surface area contributed by atoms with Crippen LogP contribution in [0.3, 0.4) is 0 Å². The molecule has 3 atom stereocenters. The summed E-state index contributed by atoms with van der Waals surface area (Å²) in [5.41, 5.74) is 5.87. The van der Waals surface area contributed by atoms with Crippen molar-refractivity contribution in [2.45, 2.75) is 84.7 Å². The number of aryl methyl sites for hydroxylation is 1. The zero-order valence-corrected chi connectivity index (χ0v) is 19.6. The quantitative estimate of drug-likeness (QED) is 0.597. The van der Waals surface area contributed by atoms with Crippen molar-refractivity contribution in [3.63, 3.8) is 0 Å². The third-order valence-electron chi connectivity index (χ3n) is 7.87. The molecule has 29 heavy (non-hydrogen) atoms. The molecule has 3 nitrogen and oxygen atoms in total. The Morgan fingerprint density at radius 2 is 2.03 bits per heavy atom. The lowest BCUT2D eigenvalue weighted by Gasteiger charge is -2.48. The van der Waals surface area contributed by atoms with E-state index in [9.17, 15) is 0 Å². The van der Waals surface area contributed by atoms with Crippen molar-refractivity contribution < 1.29 is 0 Å². The topological polar surface area (TPSA) is 31.1 Å². The summed E-state index contributed by atoms with van der Waals surface area (Å²) in [6.07, 6.45) is 5.74. The highest BCUT2D eigenvalue weighted by Crippen LogP contribution is 2.44. The summed E-state index contributed by atoms with van der Waals surface area (Å²) < 4.78 is 0. The van der Waals surface area contributed by atoms with Gasteiger partial charge >= 0.3 is 0 Å². The molecule has 1 aliphatic carbocycles. The highest BCUT2D eigenvalue weighted by atomic mass is 32.1. The number of aromatic amines is 1. The van der Waals surface area contributed by atoms with Crippen LogP contribution < -0.4 is 5.32 Å². The lowest BCUT2D eigenvalue weighted by molar-refractivity contribution is 0.104. The first kappa shape index (κ1) is 20.9. The van der Waals surface area contributed by atoms with Crippen LogP contribution in [0, 0.1) is 12.3 Å². The largest absolute Gasteiger partial charge is 0.375 e. The van der Waals surface area contributed by atoms with Gasteiger partial charge in [0.25, 0.3) is 0 Å². The van der Waals surface area contributed by atoms with Crippen molar-refractivity contribution in [1.29, 1.82) is 0 Å². The summed E-state index contributed by atoms with van der Waals surface area (Å²) in [6, 6.07) is 7.89. The Balaban J connectivity index is 1.66. The third-order valence-corrected chi connectivity index (χ3v) is 8.48. The number of aromatic nitrogens is 1. The maximum absolute atomic E-state index is 5.91. The van der Waals surface area contributed by atoms with Crippen molar-refractivity contribution in [2.24, 2.45) is 5.41 Å². The number of H-pyrrole nitrogens is 1. The number of likely N-dealkylation sites (tertiary alicyclic amines) is 1. The van der Waals surface area contributed by atoms with E-state index in [-0.39, 0.29) is 5.41 Å². The first-order chi connectivity index (χ1) is 13.9. The molecular weight excluding hydrogens is 374 g/mol. The van der Waals surface area contributed by atoms with Gasteiger partial charge in [-0.1, -0.05) is 52.0 Å². The van der Waals surface area contributed by atoms with Crippen LogP contribution in [0.25, 0.3) is 10.9 Å². The van der Waals surface area contributed by atoms with Gasteiger partial charge in [-0.15, -0.1) is 0 Å². The molecule has 2 N–H and O–H groups in total. The minimum Gasteiger partial charge on any atom is -0.375 e. The van der Waals surface area contributed by atoms with Gasteiger partial charge in [-0.05, 0) is 62.8 Å². The average molecular weight is 412 g/mol. The number of piperidine rings is 1. The zero-order valence-electron chi connectivity index (χ0n) is 18.8. The molecule has 0 saturated carbocycles. The normalized spacial score (nSPS) is 24.5. The molecule has 0 unspecified atom stereocenters. The summed E-state index contributed by atoms with van der Waals surface area (Å²) in [5.74, 6) is 0.580. The Hall–Kier alpha value is -1.39. The van der Waals surface area contributed by atoms with Gasteiger partial charge in [0, 0.05) is 46.6 Å². The highest BCUT2D eigenvalue weighted by Gasteiger charge is 2.41. The molecule has 1 aromatic heterocycles. The molecule has 2 aliphatic rings. The molecule has 0 amide bonds. The second kappa shape index (κ2) is 8.03. The zero-order chi connectivity index (χ0) is 20.8. The van der Waals surface area contributed by atoms with E-state index in [1.807, 2.05) is 0 Å². The Morgan fingerprint density at radius 1 is 1.28 bits per heavy atom. The van der Waals surface area contributed by atoms with Crippen LogP contribution >= 0.6 is 12.2 Å². The minimum atomic E-state index is 0.110. The van der Waals surface area contributed by atoms with Gasteiger partial charge in [-0.25, -0.2) is 0 Å². The van der Waals surface area contributed by atoms with E-state index < -0.39 is 0 Å². The standard InChI is InChI=1S/C25H37N3S/c1-6-12-28-15-17(27-24(29)25(5,7-2)8-3)13-20-18-10-9-11-21-23(18)19(14-22(20)28)16(4)26-21/h9-11,17,20,22,26H,6-8,12-15H2,1-5H3,(H,27,29)/t17-,20+,22+/m0/s1. The molecule has 2 heterocycles. The van der Waals surface area contributed by atoms with Crippen molar-refractivity contribution in [1.82, 2.24) is 15.2 Å².